The Morgan fingerprint density at radius 1 is 1.26 bits per heavy atom. The summed E-state index contributed by atoms with van der Waals surface area (Å²) in [5, 5.41) is 4.47. The van der Waals surface area contributed by atoms with Crippen molar-refractivity contribution in [3.05, 3.63) is 41.6 Å². The maximum Gasteiger partial charge on any atom is 0.327 e. The lowest BCUT2D eigenvalue weighted by Gasteiger charge is -2.09. The van der Waals surface area contributed by atoms with E-state index in [2.05, 4.69) is 10.1 Å². The van der Waals surface area contributed by atoms with Crippen LogP contribution in [0, 0.1) is 6.92 Å². The van der Waals surface area contributed by atoms with Crippen LogP contribution in [0.25, 0.3) is 22.3 Å². The fourth-order valence-corrected chi connectivity index (χ4v) is 2.91. The number of nitrogens with zero attached hydrogens (tertiary/aromatic N) is 3. The number of methoxy groups -OCH3 is 1. The molecule has 0 bridgehead atoms. The molecule has 2 heterocycles. The molecule has 0 aliphatic rings. The van der Waals surface area contributed by atoms with Gasteiger partial charge in [-0.2, -0.15) is 5.10 Å². The molecule has 0 aliphatic heterocycles. The highest BCUT2D eigenvalue weighted by Gasteiger charge is 2.22. The van der Waals surface area contributed by atoms with Gasteiger partial charge in [0.1, 0.15) is 12.3 Å². The fourth-order valence-electron chi connectivity index (χ4n) is 2.91. The first-order chi connectivity index (χ1) is 12.9. The normalized spacial score (nSPS) is 11.2. The molecule has 8 heteroatoms. The van der Waals surface area contributed by atoms with E-state index in [4.69, 9.17) is 9.47 Å². The van der Waals surface area contributed by atoms with Crippen molar-refractivity contribution in [3.8, 4) is 17.0 Å². The van der Waals surface area contributed by atoms with Crippen LogP contribution in [0.2, 0.25) is 0 Å². The molecule has 0 fully saturated rings. The van der Waals surface area contributed by atoms with Crippen molar-refractivity contribution in [3.63, 3.8) is 0 Å². The van der Waals surface area contributed by atoms with Gasteiger partial charge in [-0.1, -0.05) is 0 Å². The molecule has 0 aliphatic carbocycles. The van der Waals surface area contributed by atoms with Crippen LogP contribution >= 0.6 is 0 Å². The van der Waals surface area contributed by atoms with Gasteiger partial charge in [0.05, 0.1) is 30.5 Å². The lowest BCUT2D eigenvalue weighted by Crippen LogP contribution is -2.15. The fraction of sp³-hybridized carbons (Fsp3) is 0.316. The zero-order valence-electron chi connectivity index (χ0n) is 15.2. The Morgan fingerprint density at radius 2 is 1.96 bits per heavy atom. The molecule has 1 aromatic carbocycles. The molecule has 0 saturated heterocycles. The minimum atomic E-state index is -2.70. The highest BCUT2D eigenvalue weighted by molar-refractivity contribution is 5.86. The number of hydrogen-bond acceptors (Lipinski definition) is 5. The van der Waals surface area contributed by atoms with Crippen LogP contribution in [-0.4, -0.2) is 34.5 Å². The maximum atomic E-state index is 13.7. The summed E-state index contributed by atoms with van der Waals surface area (Å²) in [7, 11) is 1.55. The summed E-state index contributed by atoms with van der Waals surface area (Å²) < 4.78 is 38.8. The van der Waals surface area contributed by atoms with E-state index in [9.17, 15) is 13.6 Å². The molecule has 0 atom stereocenters. The van der Waals surface area contributed by atoms with Gasteiger partial charge in [-0.15, -0.1) is 0 Å². The quantitative estimate of drug-likeness (QED) is 0.611. The zero-order chi connectivity index (χ0) is 19.6. The minimum Gasteiger partial charge on any atom is -0.497 e. The van der Waals surface area contributed by atoms with E-state index in [1.54, 1.807) is 45.2 Å². The first-order valence-electron chi connectivity index (χ1n) is 8.40. The van der Waals surface area contributed by atoms with Gasteiger partial charge in [-0.25, -0.2) is 18.4 Å². The van der Waals surface area contributed by atoms with Gasteiger partial charge in [0.15, 0.2) is 5.65 Å². The molecule has 0 spiro atoms. The Morgan fingerprint density at radius 3 is 2.56 bits per heavy atom. The predicted molar refractivity (Wildman–Crippen MR) is 95.8 cm³/mol. The molecule has 0 radical (unpaired) electrons. The van der Waals surface area contributed by atoms with E-state index in [0.29, 0.717) is 22.7 Å². The number of benzene rings is 1. The van der Waals surface area contributed by atoms with E-state index < -0.39 is 12.4 Å². The van der Waals surface area contributed by atoms with Crippen LogP contribution < -0.4 is 4.74 Å². The summed E-state index contributed by atoms with van der Waals surface area (Å²) in [6.45, 7) is 3.34. The summed E-state index contributed by atoms with van der Waals surface area (Å²) in [5.41, 5.74) is 1.47. The second-order valence-electron chi connectivity index (χ2n) is 5.87. The number of halogens is 2. The maximum absolute atomic E-state index is 13.7. The second kappa shape index (κ2) is 7.69. The van der Waals surface area contributed by atoms with Crippen LogP contribution in [-0.2, 0) is 16.1 Å². The predicted octanol–water partition coefficient (Wildman–Crippen LogP) is 3.92. The molecule has 3 aromatic rings. The number of aryl methyl sites for hydroxylation is 1. The average molecular weight is 375 g/mol. The first kappa shape index (κ1) is 18.8. The Hall–Kier alpha value is -3.03. The van der Waals surface area contributed by atoms with E-state index in [0.717, 1.165) is 0 Å². The highest BCUT2D eigenvalue weighted by atomic mass is 19.3. The molecule has 0 saturated carbocycles. The third kappa shape index (κ3) is 3.74. The van der Waals surface area contributed by atoms with Crippen LogP contribution in [0.5, 0.6) is 5.75 Å². The van der Waals surface area contributed by atoms with Crippen molar-refractivity contribution >= 4 is 17.0 Å². The molecule has 2 aromatic heterocycles. The Labute approximate surface area is 154 Å². The topological polar surface area (TPSA) is 66.2 Å². The smallest absolute Gasteiger partial charge is 0.327 e. The molecule has 142 valence electrons. The van der Waals surface area contributed by atoms with Crippen molar-refractivity contribution in [2.24, 2.45) is 0 Å². The number of pyridine rings is 1. The molecule has 3 rings (SSSR count). The van der Waals surface area contributed by atoms with E-state index >= 15 is 0 Å². The van der Waals surface area contributed by atoms with E-state index in [1.807, 2.05) is 0 Å². The first-order valence-corrected chi connectivity index (χ1v) is 8.40. The molecule has 0 unspecified atom stereocenters. The van der Waals surface area contributed by atoms with Gasteiger partial charge in [-0.05, 0) is 44.2 Å². The van der Waals surface area contributed by atoms with Gasteiger partial charge in [-0.3, -0.25) is 4.79 Å². The second-order valence-corrected chi connectivity index (χ2v) is 5.87. The molecule has 0 amide bonds. The summed E-state index contributed by atoms with van der Waals surface area (Å²) in [4.78, 5) is 16.3. The van der Waals surface area contributed by atoms with Crippen LogP contribution in [0.15, 0.2) is 30.3 Å². The molecule has 27 heavy (non-hydrogen) atoms. The highest BCUT2D eigenvalue weighted by Crippen LogP contribution is 2.33. The number of esters is 1. The molecular formula is C19H19F2N3O3. The molecular weight excluding hydrogens is 356 g/mol. The Kier molecular flexibility index (Phi) is 5.34. The summed E-state index contributed by atoms with van der Waals surface area (Å²) in [6, 6.07) is 8.29. The standard InChI is InChI=1S/C19H19F2N3O3/c1-4-27-16(25)10-24-19-17(11(2)23-24)14(18(20)21)9-15(22-19)12-5-7-13(26-3)8-6-12/h5-9,18H,4,10H2,1-3H3. The number of alkyl halides is 2. The summed E-state index contributed by atoms with van der Waals surface area (Å²) in [6.07, 6.45) is -2.70. The monoisotopic (exact) mass is 375 g/mol. The zero-order valence-corrected chi connectivity index (χ0v) is 15.2. The average Bonchev–Trinajstić information content (AvgIpc) is 2.96. The minimum absolute atomic E-state index is 0.168. The third-order valence-electron chi connectivity index (χ3n) is 4.11. The lowest BCUT2D eigenvalue weighted by atomic mass is 10.1. The Balaban J connectivity index is 2.16. The van der Waals surface area contributed by atoms with Crippen LogP contribution in [0.3, 0.4) is 0 Å². The number of hydrogen-bond donors (Lipinski definition) is 0. The number of aromatic nitrogens is 3. The van der Waals surface area contributed by atoms with Crippen molar-refractivity contribution in [1.29, 1.82) is 0 Å². The largest absolute Gasteiger partial charge is 0.497 e. The lowest BCUT2D eigenvalue weighted by molar-refractivity contribution is -0.143. The van der Waals surface area contributed by atoms with Crippen molar-refractivity contribution in [1.82, 2.24) is 14.8 Å². The summed E-state index contributed by atoms with van der Waals surface area (Å²) >= 11 is 0. The van der Waals surface area contributed by atoms with E-state index in [1.165, 1.54) is 10.7 Å². The number of ether oxygens (including phenoxy) is 2. The third-order valence-corrected chi connectivity index (χ3v) is 4.11. The van der Waals surface area contributed by atoms with Crippen molar-refractivity contribution < 1.29 is 23.0 Å². The number of rotatable bonds is 6. The van der Waals surface area contributed by atoms with Crippen molar-refractivity contribution in [2.75, 3.05) is 13.7 Å². The van der Waals surface area contributed by atoms with Crippen molar-refractivity contribution in [2.45, 2.75) is 26.8 Å². The van der Waals surface area contributed by atoms with Gasteiger partial charge >= 0.3 is 5.97 Å². The van der Waals surface area contributed by atoms with Gasteiger partial charge in [0.25, 0.3) is 6.43 Å². The van der Waals surface area contributed by atoms with Gasteiger partial charge in [0.2, 0.25) is 0 Å². The molecule has 6 nitrogen and oxygen atoms in total. The SMILES string of the molecule is CCOC(=O)Cn1nc(C)c2c(C(F)F)cc(-c3ccc(OC)cc3)nc21. The number of fused-ring (bicyclic) bond motifs is 1. The van der Waals surface area contributed by atoms with Gasteiger partial charge in [0, 0.05) is 11.1 Å². The van der Waals surface area contributed by atoms with Crippen LogP contribution in [0.4, 0.5) is 8.78 Å². The molecule has 0 N–H and O–H groups in total. The Bertz CT molecular complexity index is 968. The number of carbonyl (C=O) groups excluding carboxylic acids is 1. The summed E-state index contributed by atoms with van der Waals surface area (Å²) in [5.74, 6) is 0.147. The number of carbonyl (C=O) groups is 1. The van der Waals surface area contributed by atoms with Crippen LogP contribution in [0.1, 0.15) is 24.6 Å². The van der Waals surface area contributed by atoms with E-state index in [-0.39, 0.29) is 29.7 Å². The van der Waals surface area contributed by atoms with Gasteiger partial charge < -0.3 is 9.47 Å².